The number of nitrogens with zero attached hydrogens (tertiary/aromatic N) is 1. The van der Waals surface area contributed by atoms with Gasteiger partial charge < -0.3 is 10.1 Å². The predicted octanol–water partition coefficient (Wildman–Crippen LogP) is 2.05. The monoisotopic (exact) mass is 360 g/mol. The summed E-state index contributed by atoms with van der Waals surface area (Å²) in [5.74, 6) is 1.41. The Bertz CT molecular complexity index is 628. The number of aryl methyl sites for hydroxylation is 1. The molecule has 0 atom stereocenters. The number of ether oxygens (including phenoxy) is 1. The fourth-order valence-corrected chi connectivity index (χ4v) is 4.81. The minimum Gasteiger partial charge on any atom is -0.493 e. The maximum Gasteiger partial charge on any atom is 0.243 e. The molecule has 0 radical (unpaired) electrons. The van der Waals surface area contributed by atoms with Crippen LogP contribution in [0, 0.1) is 5.92 Å². The normalized spacial score (nSPS) is 19.5. The molecule has 0 amide bonds. The van der Waals surface area contributed by atoms with Gasteiger partial charge in [0.1, 0.15) is 5.75 Å². The number of piperidine rings is 1. The lowest BCUT2D eigenvalue weighted by Gasteiger charge is -2.31. The predicted molar refractivity (Wildman–Crippen MR) is 92.9 cm³/mol. The number of sulfonamides is 1. The summed E-state index contributed by atoms with van der Waals surface area (Å²) in [7, 11) is -1.43. The highest BCUT2D eigenvalue weighted by Gasteiger charge is 2.29. The van der Waals surface area contributed by atoms with Gasteiger partial charge in [0, 0.05) is 13.1 Å². The summed E-state index contributed by atoms with van der Waals surface area (Å²) in [6.07, 6.45) is 3.69. The fourth-order valence-electron chi connectivity index (χ4n) is 3.29. The minimum atomic E-state index is -3.38. The van der Waals surface area contributed by atoms with Crippen LogP contribution >= 0.6 is 12.4 Å². The third kappa shape index (κ3) is 3.99. The number of hydrogen-bond donors (Lipinski definition) is 1. The molecule has 1 aromatic rings. The van der Waals surface area contributed by atoms with Crippen LogP contribution in [0.2, 0.25) is 0 Å². The third-order valence-corrected chi connectivity index (χ3v) is 6.48. The summed E-state index contributed by atoms with van der Waals surface area (Å²) in [5.41, 5.74) is 1.01. The number of fused-ring (bicyclic) bond motifs is 1. The lowest BCUT2D eigenvalue weighted by atomic mass is 9.98. The van der Waals surface area contributed by atoms with Crippen molar-refractivity contribution in [2.45, 2.75) is 30.6 Å². The van der Waals surface area contributed by atoms with Crippen molar-refractivity contribution in [3.8, 4) is 5.75 Å². The molecule has 1 saturated heterocycles. The standard InChI is InChI=1S/C16H24N2O3S.ClH/c1-17-12-13-6-8-18(9-7-13)22(19,20)15-4-5-16-14(11-15)3-2-10-21-16;/h4-5,11,13,17H,2-3,6-10,12H2,1H3;1H. The Balaban J connectivity index is 0.00000192. The molecule has 0 aliphatic carbocycles. The van der Waals surface area contributed by atoms with Crippen LogP contribution in [0.1, 0.15) is 24.8 Å². The molecule has 0 unspecified atom stereocenters. The highest BCUT2D eigenvalue weighted by Crippen LogP contribution is 2.30. The van der Waals surface area contributed by atoms with Gasteiger partial charge in [0.25, 0.3) is 0 Å². The molecule has 7 heteroatoms. The van der Waals surface area contributed by atoms with E-state index in [1.54, 1.807) is 22.5 Å². The topological polar surface area (TPSA) is 58.6 Å². The lowest BCUT2D eigenvalue weighted by molar-refractivity contribution is 0.270. The first kappa shape index (κ1) is 18.5. The fraction of sp³-hybridized carbons (Fsp3) is 0.625. The molecule has 0 spiro atoms. The molecule has 0 bridgehead atoms. The average Bonchev–Trinajstić information content (AvgIpc) is 2.55. The van der Waals surface area contributed by atoms with Crippen LogP contribution in [0.3, 0.4) is 0 Å². The number of benzene rings is 1. The zero-order chi connectivity index (χ0) is 15.6. The van der Waals surface area contributed by atoms with Crippen molar-refractivity contribution in [3.63, 3.8) is 0 Å². The molecule has 130 valence electrons. The van der Waals surface area contributed by atoms with Crippen LogP contribution in [-0.2, 0) is 16.4 Å². The van der Waals surface area contributed by atoms with E-state index in [9.17, 15) is 8.42 Å². The van der Waals surface area contributed by atoms with Gasteiger partial charge in [0.15, 0.2) is 0 Å². The summed E-state index contributed by atoms with van der Waals surface area (Å²) in [5, 5.41) is 3.17. The number of halogens is 1. The Labute approximate surface area is 144 Å². The molecule has 1 aromatic carbocycles. The van der Waals surface area contributed by atoms with E-state index in [0.29, 0.717) is 23.9 Å². The number of hydrogen-bond acceptors (Lipinski definition) is 4. The molecule has 1 N–H and O–H groups in total. The maximum absolute atomic E-state index is 12.8. The van der Waals surface area contributed by atoms with Gasteiger partial charge in [-0.05, 0) is 69.0 Å². The van der Waals surface area contributed by atoms with Crippen LogP contribution in [0.5, 0.6) is 5.75 Å². The van der Waals surface area contributed by atoms with Gasteiger partial charge in [-0.1, -0.05) is 0 Å². The Morgan fingerprint density at radius 3 is 2.74 bits per heavy atom. The molecule has 0 aromatic heterocycles. The summed E-state index contributed by atoms with van der Waals surface area (Å²) in [6.45, 7) is 2.91. The van der Waals surface area contributed by atoms with E-state index in [1.165, 1.54) is 0 Å². The summed E-state index contributed by atoms with van der Waals surface area (Å²) in [4.78, 5) is 0.406. The largest absolute Gasteiger partial charge is 0.493 e. The van der Waals surface area contributed by atoms with Gasteiger partial charge in [-0.15, -0.1) is 12.4 Å². The van der Waals surface area contributed by atoms with Crippen molar-refractivity contribution >= 4 is 22.4 Å². The first-order chi connectivity index (χ1) is 10.6. The van der Waals surface area contributed by atoms with Crippen LogP contribution in [-0.4, -0.2) is 46.0 Å². The Kier molecular flexibility index (Phi) is 6.31. The quantitative estimate of drug-likeness (QED) is 0.892. The molecule has 23 heavy (non-hydrogen) atoms. The van der Waals surface area contributed by atoms with Gasteiger partial charge in [-0.2, -0.15) is 4.31 Å². The van der Waals surface area contributed by atoms with Gasteiger partial charge in [0.2, 0.25) is 10.0 Å². The van der Waals surface area contributed by atoms with Crippen molar-refractivity contribution in [2.75, 3.05) is 33.3 Å². The number of rotatable bonds is 4. The third-order valence-electron chi connectivity index (χ3n) is 4.58. The van der Waals surface area contributed by atoms with Gasteiger partial charge in [-0.3, -0.25) is 0 Å². The van der Waals surface area contributed by atoms with Crippen molar-refractivity contribution in [2.24, 2.45) is 5.92 Å². The average molecular weight is 361 g/mol. The SMILES string of the molecule is CNCC1CCN(S(=O)(=O)c2ccc3c(c2)CCCO3)CC1.Cl. The van der Waals surface area contributed by atoms with Crippen molar-refractivity contribution in [1.29, 1.82) is 0 Å². The van der Waals surface area contributed by atoms with E-state index < -0.39 is 10.0 Å². The Morgan fingerprint density at radius 2 is 2.04 bits per heavy atom. The Hall–Kier alpha value is -0.820. The van der Waals surface area contributed by atoms with E-state index in [0.717, 1.165) is 50.1 Å². The van der Waals surface area contributed by atoms with Crippen LogP contribution < -0.4 is 10.1 Å². The lowest BCUT2D eigenvalue weighted by Crippen LogP contribution is -2.40. The van der Waals surface area contributed by atoms with Gasteiger partial charge in [0.05, 0.1) is 11.5 Å². The minimum absolute atomic E-state index is 0. The van der Waals surface area contributed by atoms with Crippen molar-refractivity contribution in [3.05, 3.63) is 23.8 Å². The van der Waals surface area contributed by atoms with E-state index in [-0.39, 0.29) is 12.4 Å². The molecule has 1 fully saturated rings. The van der Waals surface area contributed by atoms with Gasteiger partial charge >= 0.3 is 0 Å². The second-order valence-corrected chi connectivity index (χ2v) is 8.06. The summed E-state index contributed by atoms with van der Waals surface area (Å²) in [6, 6.07) is 5.28. The molecule has 2 aliphatic rings. The molecule has 3 rings (SSSR count). The summed E-state index contributed by atoms with van der Waals surface area (Å²) < 4.78 is 32.8. The van der Waals surface area contributed by atoms with Crippen LogP contribution in [0.25, 0.3) is 0 Å². The summed E-state index contributed by atoms with van der Waals surface area (Å²) >= 11 is 0. The highest BCUT2D eigenvalue weighted by molar-refractivity contribution is 7.89. The van der Waals surface area contributed by atoms with E-state index >= 15 is 0 Å². The zero-order valence-electron chi connectivity index (χ0n) is 13.5. The molecule has 0 saturated carbocycles. The van der Waals surface area contributed by atoms with Crippen LogP contribution in [0.15, 0.2) is 23.1 Å². The highest BCUT2D eigenvalue weighted by atomic mass is 35.5. The molecular weight excluding hydrogens is 336 g/mol. The molecular formula is C16H25ClN2O3S. The second-order valence-electron chi connectivity index (χ2n) is 6.13. The van der Waals surface area contributed by atoms with Crippen LogP contribution in [0.4, 0.5) is 0 Å². The smallest absolute Gasteiger partial charge is 0.243 e. The van der Waals surface area contributed by atoms with E-state index in [2.05, 4.69) is 5.32 Å². The van der Waals surface area contributed by atoms with Gasteiger partial charge in [-0.25, -0.2) is 8.42 Å². The number of nitrogens with one attached hydrogen (secondary N) is 1. The maximum atomic E-state index is 12.8. The molecule has 5 nitrogen and oxygen atoms in total. The van der Waals surface area contributed by atoms with Crippen molar-refractivity contribution < 1.29 is 13.2 Å². The molecule has 2 aliphatic heterocycles. The van der Waals surface area contributed by atoms with E-state index in [1.807, 2.05) is 7.05 Å². The zero-order valence-corrected chi connectivity index (χ0v) is 15.1. The van der Waals surface area contributed by atoms with E-state index in [4.69, 9.17) is 4.74 Å². The first-order valence-electron chi connectivity index (χ1n) is 8.02. The molecule has 2 heterocycles. The second kappa shape index (κ2) is 7.83. The van der Waals surface area contributed by atoms with Crippen molar-refractivity contribution in [1.82, 2.24) is 9.62 Å². The first-order valence-corrected chi connectivity index (χ1v) is 9.46. The Morgan fingerprint density at radius 1 is 1.30 bits per heavy atom.